The SMILES string of the molecule is CCc1nnc(NCc2ccn(C3CCCC3)n2)c(C#N)c1CC. The molecule has 1 aliphatic carbocycles. The molecule has 6 nitrogen and oxygen atoms in total. The van der Waals surface area contributed by atoms with E-state index in [1.807, 2.05) is 19.9 Å². The third-order valence-corrected chi connectivity index (χ3v) is 4.76. The van der Waals surface area contributed by atoms with Gasteiger partial charge in [-0.05, 0) is 37.3 Å². The Morgan fingerprint density at radius 2 is 2.04 bits per heavy atom. The molecule has 1 N–H and O–H groups in total. The molecule has 24 heavy (non-hydrogen) atoms. The molecule has 6 heteroatoms. The average Bonchev–Trinajstić information content (AvgIpc) is 3.29. The Kier molecular flexibility index (Phi) is 5.09. The molecular formula is C18H24N6. The summed E-state index contributed by atoms with van der Waals surface area (Å²) in [5.74, 6) is 0.557. The highest BCUT2D eigenvalue weighted by Crippen LogP contribution is 2.28. The molecule has 0 radical (unpaired) electrons. The van der Waals surface area contributed by atoms with Gasteiger partial charge < -0.3 is 5.32 Å². The Bertz CT molecular complexity index is 736. The van der Waals surface area contributed by atoms with Gasteiger partial charge in [0.25, 0.3) is 0 Å². The molecule has 1 aliphatic rings. The molecule has 1 saturated carbocycles. The largest absolute Gasteiger partial charge is 0.362 e. The molecule has 2 aromatic heterocycles. The van der Waals surface area contributed by atoms with E-state index >= 15 is 0 Å². The summed E-state index contributed by atoms with van der Waals surface area (Å²) in [7, 11) is 0. The number of anilines is 1. The van der Waals surface area contributed by atoms with Gasteiger partial charge in [0, 0.05) is 6.20 Å². The topological polar surface area (TPSA) is 79.4 Å². The molecule has 0 aliphatic heterocycles. The molecule has 0 saturated heterocycles. The maximum atomic E-state index is 9.52. The van der Waals surface area contributed by atoms with Crippen LogP contribution in [-0.2, 0) is 19.4 Å². The highest BCUT2D eigenvalue weighted by molar-refractivity contribution is 5.56. The van der Waals surface area contributed by atoms with Crippen LogP contribution in [0.2, 0.25) is 0 Å². The molecule has 0 atom stereocenters. The first kappa shape index (κ1) is 16.4. The Labute approximate surface area is 142 Å². The van der Waals surface area contributed by atoms with Gasteiger partial charge in [-0.25, -0.2) is 0 Å². The molecule has 2 heterocycles. The van der Waals surface area contributed by atoms with E-state index in [1.165, 1.54) is 25.7 Å². The summed E-state index contributed by atoms with van der Waals surface area (Å²) in [5, 5.41) is 25.9. The first-order valence-corrected chi connectivity index (χ1v) is 8.83. The second kappa shape index (κ2) is 7.43. The lowest BCUT2D eigenvalue weighted by atomic mass is 10.0. The van der Waals surface area contributed by atoms with Crippen molar-refractivity contribution in [1.82, 2.24) is 20.0 Å². The van der Waals surface area contributed by atoms with Gasteiger partial charge in [0.15, 0.2) is 5.82 Å². The zero-order valence-corrected chi connectivity index (χ0v) is 14.4. The predicted molar refractivity (Wildman–Crippen MR) is 92.6 cm³/mol. The quantitative estimate of drug-likeness (QED) is 0.881. The molecule has 0 bridgehead atoms. The van der Waals surface area contributed by atoms with Crippen LogP contribution in [0.25, 0.3) is 0 Å². The van der Waals surface area contributed by atoms with Crippen LogP contribution in [0.3, 0.4) is 0 Å². The highest BCUT2D eigenvalue weighted by atomic mass is 15.3. The molecule has 126 valence electrons. The van der Waals surface area contributed by atoms with E-state index in [1.54, 1.807) is 0 Å². The summed E-state index contributed by atoms with van der Waals surface area (Å²) in [4.78, 5) is 0. The van der Waals surface area contributed by atoms with Crippen LogP contribution in [0.5, 0.6) is 0 Å². The van der Waals surface area contributed by atoms with Gasteiger partial charge in [0.1, 0.15) is 11.6 Å². The predicted octanol–water partition coefficient (Wildman–Crippen LogP) is 3.40. The molecule has 2 aromatic rings. The van der Waals surface area contributed by atoms with Crippen LogP contribution in [0.15, 0.2) is 12.3 Å². The van der Waals surface area contributed by atoms with Crippen LogP contribution >= 0.6 is 0 Å². The lowest BCUT2D eigenvalue weighted by molar-refractivity contribution is 0.463. The van der Waals surface area contributed by atoms with E-state index < -0.39 is 0 Å². The highest BCUT2D eigenvalue weighted by Gasteiger charge is 2.18. The van der Waals surface area contributed by atoms with Gasteiger partial charge in [-0.1, -0.05) is 26.7 Å². The summed E-state index contributed by atoms with van der Waals surface area (Å²) in [5.41, 5.74) is 3.48. The number of nitriles is 1. The second-order valence-electron chi connectivity index (χ2n) is 6.25. The van der Waals surface area contributed by atoms with E-state index in [2.05, 4.69) is 37.6 Å². The average molecular weight is 324 g/mol. The molecule has 0 spiro atoms. The number of nitrogens with one attached hydrogen (secondary N) is 1. The van der Waals surface area contributed by atoms with E-state index in [-0.39, 0.29) is 0 Å². The summed E-state index contributed by atoms with van der Waals surface area (Å²) in [6, 6.07) is 4.86. The summed E-state index contributed by atoms with van der Waals surface area (Å²) >= 11 is 0. The molecule has 0 amide bonds. The van der Waals surface area contributed by atoms with Gasteiger partial charge in [0.2, 0.25) is 0 Å². The van der Waals surface area contributed by atoms with Crippen molar-refractivity contribution in [2.45, 2.75) is 65.0 Å². The van der Waals surface area contributed by atoms with Crippen LogP contribution in [0.1, 0.15) is 68.1 Å². The summed E-state index contributed by atoms with van der Waals surface area (Å²) in [6.45, 7) is 4.63. The Balaban J connectivity index is 1.74. The second-order valence-corrected chi connectivity index (χ2v) is 6.25. The molecule has 3 rings (SSSR count). The monoisotopic (exact) mass is 324 g/mol. The van der Waals surface area contributed by atoms with Gasteiger partial charge in [0.05, 0.1) is 24.0 Å². The summed E-state index contributed by atoms with van der Waals surface area (Å²) in [6.07, 6.45) is 8.66. The fourth-order valence-electron chi connectivity index (χ4n) is 3.44. The van der Waals surface area contributed by atoms with E-state index in [0.29, 0.717) is 24.0 Å². The Hall–Kier alpha value is -2.42. The standard InChI is InChI=1S/C18H24N6/c1-3-15-16(11-19)18(22-21-17(15)4-2)20-12-13-9-10-24(23-13)14-7-5-6-8-14/h9-10,14H,3-8,12H2,1-2H3,(H,20,22). The van der Waals surface area contributed by atoms with Crippen molar-refractivity contribution in [3.05, 3.63) is 34.8 Å². The first-order valence-electron chi connectivity index (χ1n) is 8.83. The van der Waals surface area contributed by atoms with Crippen LogP contribution in [0, 0.1) is 11.3 Å². The lowest BCUT2D eigenvalue weighted by Crippen LogP contribution is -2.11. The molecule has 0 unspecified atom stereocenters. The van der Waals surface area contributed by atoms with E-state index in [4.69, 9.17) is 0 Å². The fraction of sp³-hybridized carbons (Fsp3) is 0.556. The zero-order chi connectivity index (χ0) is 16.9. The molecule has 1 fully saturated rings. The van der Waals surface area contributed by atoms with Crippen molar-refractivity contribution < 1.29 is 0 Å². The van der Waals surface area contributed by atoms with Crippen molar-refractivity contribution in [3.8, 4) is 6.07 Å². The minimum Gasteiger partial charge on any atom is -0.362 e. The number of rotatable bonds is 6. The minimum atomic E-state index is 0.545. The van der Waals surface area contributed by atoms with Crippen LogP contribution < -0.4 is 5.32 Å². The Morgan fingerprint density at radius 1 is 1.25 bits per heavy atom. The van der Waals surface area contributed by atoms with Gasteiger partial charge in [-0.15, -0.1) is 5.10 Å². The maximum Gasteiger partial charge on any atom is 0.167 e. The first-order chi connectivity index (χ1) is 11.8. The van der Waals surface area contributed by atoms with E-state index in [0.717, 1.165) is 29.8 Å². The van der Waals surface area contributed by atoms with Crippen molar-refractivity contribution in [2.75, 3.05) is 5.32 Å². The van der Waals surface area contributed by atoms with Crippen molar-refractivity contribution in [2.24, 2.45) is 0 Å². The number of hydrogen-bond acceptors (Lipinski definition) is 5. The number of aromatic nitrogens is 4. The maximum absolute atomic E-state index is 9.52. The fourth-order valence-corrected chi connectivity index (χ4v) is 3.44. The van der Waals surface area contributed by atoms with Crippen molar-refractivity contribution in [3.63, 3.8) is 0 Å². The molecular weight excluding hydrogens is 300 g/mol. The Morgan fingerprint density at radius 3 is 2.71 bits per heavy atom. The number of hydrogen-bond donors (Lipinski definition) is 1. The number of aryl methyl sites for hydroxylation is 1. The van der Waals surface area contributed by atoms with Crippen LogP contribution in [-0.4, -0.2) is 20.0 Å². The smallest absolute Gasteiger partial charge is 0.167 e. The van der Waals surface area contributed by atoms with Crippen LogP contribution in [0.4, 0.5) is 5.82 Å². The van der Waals surface area contributed by atoms with Gasteiger partial charge in [-0.3, -0.25) is 4.68 Å². The third-order valence-electron chi connectivity index (χ3n) is 4.76. The summed E-state index contributed by atoms with van der Waals surface area (Å²) < 4.78 is 2.08. The van der Waals surface area contributed by atoms with Crippen molar-refractivity contribution >= 4 is 5.82 Å². The lowest BCUT2D eigenvalue weighted by Gasteiger charge is -2.11. The van der Waals surface area contributed by atoms with E-state index in [9.17, 15) is 5.26 Å². The van der Waals surface area contributed by atoms with Crippen molar-refractivity contribution in [1.29, 1.82) is 5.26 Å². The molecule has 0 aromatic carbocycles. The minimum absolute atomic E-state index is 0.545. The number of nitrogens with zero attached hydrogens (tertiary/aromatic N) is 5. The third kappa shape index (κ3) is 3.25. The van der Waals surface area contributed by atoms with Gasteiger partial charge >= 0.3 is 0 Å². The van der Waals surface area contributed by atoms with Gasteiger partial charge in [-0.2, -0.15) is 15.5 Å². The zero-order valence-electron chi connectivity index (χ0n) is 14.4. The normalized spacial score (nSPS) is 14.7.